The molecule has 0 fully saturated rings. The Morgan fingerprint density at radius 1 is 0.456 bits per heavy atom. The molecule has 0 bridgehead atoms. The second-order valence-electron chi connectivity index (χ2n) is 17.6. The number of nitriles is 1. The molecule has 0 aliphatic carbocycles. The van der Waals surface area contributed by atoms with Crippen molar-refractivity contribution in [3.8, 4) is 39.7 Å². The maximum absolute atomic E-state index is 12.0. The van der Waals surface area contributed by atoms with Crippen molar-refractivity contribution in [2.45, 2.75) is 0 Å². The van der Waals surface area contributed by atoms with Gasteiger partial charge >= 0.3 is 0 Å². The first-order valence-electron chi connectivity index (χ1n) is 22.7. The molecule has 0 saturated heterocycles. The number of furan rings is 1. The first-order valence-corrected chi connectivity index (χ1v) is 23.5. The minimum absolute atomic E-state index is 0.411. The second-order valence-corrected chi connectivity index (χ2v) is 18.7. The van der Waals surface area contributed by atoms with E-state index >= 15 is 0 Å². The van der Waals surface area contributed by atoms with E-state index in [-0.39, 0.29) is 0 Å². The molecule has 4 aromatic heterocycles. The molecule has 11 aromatic carbocycles. The van der Waals surface area contributed by atoms with Gasteiger partial charge in [0.2, 0.25) is 5.69 Å². The molecule has 0 atom stereocenters. The third kappa shape index (κ3) is 4.71. The molecule has 68 heavy (non-hydrogen) atoms. The molecular formula is C62H32N4OS. The molecule has 5 nitrogen and oxygen atoms in total. The van der Waals surface area contributed by atoms with Crippen LogP contribution in [0.1, 0.15) is 5.56 Å². The Hall–Kier alpha value is -9.20. The highest BCUT2D eigenvalue weighted by Crippen LogP contribution is 2.55. The fourth-order valence-electron chi connectivity index (χ4n) is 11.7. The van der Waals surface area contributed by atoms with E-state index in [1.165, 1.54) is 20.9 Å². The van der Waals surface area contributed by atoms with Crippen LogP contribution >= 0.6 is 11.3 Å². The third-order valence-corrected chi connectivity index (χ3v) is 15.5. The van der Waals surface area contributed by atoms with Gasteiger partial charge in [-0.1, -0.05) is 158 Å². The Morgan fingerprint density at radius 3 is 1.69 bits per heavy atom. The molecule has 0 radical (unpaired) electrons. The van der Waals surface area contributed by atoms with E-state index in [0.717, 1.165) is 109 Å². The van der Waals surface area contributed by atoms with Gasteiger partial charge in [-0.2, -0.15) is 5.26 Å². The van der Waals surface area contributed by atoms with Crippen LogP contribution in [0.5, 0.6) is 0 Å². The Balaban J connectivity index is 1.25. The van der Waals surface area contributed by atoms with Crippen LogP contribution in [-0.2, 0) is 0 Å². The van der Waals surface area contributed by atoms with Gasteiger partial charge in [0.05, 0.1) is 55.7 Å². The van der Waals surface area contributed by atoms with Crippen LogP contribution in [0.2, 0.25) is 0 Å². The average Bonchev–Trinajstić information content (AvgIpc) is 4.16. The highest BCUT2D eigenvalue weighted by atomic mass is 32.1. The first-order chi connectivity index (χ1) is 33.7. The quantitative estimate of drug-likeness (QED) is 0.131. The molecule has 0 unspecified atom stereocenters. The summed E-state index contributed by atoms with van der Waals surface area (Å²) in [5.74, 6) is 0. The normalized spacial score (nSPS) is 12.1. The van der Waals surface area contributed by atoms with Crippen molar-refractivity contribution in [2.24, 2.45) is 0 Å². The highest BCUT2D eigenvalue weighted by Gasteiger charge is 2.33. The predicted octanol–water partition coefficient (Wildman–Crippen LogP) is 17.6. The molecule has 4 heterocycles. The number of hydrogen-bond acceptors (Lipinski definition) is 3. The summed E-state index contributed by atoms with van der Waals surface area (Å²) in [6.45, 7) is 9.33. The van der Waals surface area contributed by atoms with Crippen LogP contribution in [0.4, 0.5) is 5.69 Å². The fourth-order valence-corrected chi connectivity index (χ4v) is 12.9. The Labute approximate surface area is 391 Å². The Bertz CT molecular complexity index is 4660. The summed E-state index contributed by atoms with van der Waals surface area (Å²) in [7, 11) is 0. The number of benzene rings is 11. The summed E-state index contributed by atoms with van der Waals surface area (Å²) in [5, 5.41) is 25.4. The van der Waals surface area contributed by atoms with E-state index in [0.29, 0.717) is 22.5 Å². The van der Waals surface area contributed by atoms with Gasteiger partial charge in [0, 0.05) is 53.5 Å². The van der Waals surface area contributed by atoms with Crippen LogP contribution in [0, 0.1) is 17.9 Å². The fraction of sp³-hybridized carbons (Fsp3) is 0. The Kier molecular flexibility index (Phi) is 7.45. The standard InChI is InChI=1S/C62H32N4OS/c1-64-57-52(35-16-4-2-5-17-35)46(34-63)58(53(36-18-6-3-7-19-36)60(57)65-47-26-14-24-41-37-20-8-9-21-38(37)42-25-15-27-48(65)55(42)54(41)47)66-49-33-32-43-39-22-10-12-28-50(39)67-61(43)56(49)45-31-30-44-40-23-11-13-29-51(40)68-62(44)59(45)66/h2-33H. The molecule has 0 aliphatic rings. The summed E-state index contributed by atoms with van der Waals surface area (Å²) in [4.78, 5) is 4.56. The molecule has 15 aromatic rings. The van der Waals surface area contributed by atoms with Crippen molar-refractivity contribution in [3.63, 3.8) is 0 Å². The number of fused-ring (bicyclic) bond motifs is 14. The van der Waals surface area contributed by atoms with Crippen molar-refractivity contribution in [1.29, 1.82) is 5.26 Å². The lowest BCUT2D eigenvalue weighted by atomic mass is 9.88. The summed E-state index contributed by atoms with van der Waals surface area (Å²) < 4.78 is 13.9. The monoisotopic (exact) mass is 880 g/mol. The maximum atomic E-state index is 12.0. The maximum Gasteiger partial charge on any atom is 0.220 e. The van der Waals surface area contributed by atoms with E-state index in [1.807, 2.05) is 48.5 Å². The molecule has 6 heteroatoms. The lowest BCUT2D eigenvalue weighted by Gasteiger charge is -2.25. The van der Waals surface area contributed by atoms with Crippen LogP contribution in [-0.4, -0.2) is 9.13 Å². The van der Waals surface area contributed by atoms with Crippen molar-refractivity contribution < 1.29 is 4.42 Å². The number of para-hydroxylation sites is 1. The second kappa shape index (κ2) is 13.7. The van der Waals surface area contributed by atoms with Crippen molar-refractivity contribution in [2.75, 3.05) is 0 Å². The van der Waals surface area contributed by atoms with Gasteiger partial charge < -0.3 is 13.6 Å². The molecule has 0 spiro atoms. The minimum Gasteiger partial charge on any atom is -0.455 e. The van der Waals surface area contributed by atoms with Crippen LogP contribution in [0.15, 0.2) is 199 Å². The van der Waals surface area contributed by atoms with Gasteiger partial charge in [-0.05, 0) is 69.1 Å². The number of thiophene rings is 1. The van der Waals surface area contributed by atoms with Crippen molar-refractivity contribution in [3.05, 3.63) is 211 Å². The van der Waals surface area contributed by atoms with E-state index < -0.39 is 0 Å². The van der Waals surface area contributed by atoms with Gasteiger partial charge in [-0.15, -0.1) is 11.3 Å². The zero-order valence-electron chi connectivity index (χ0n) is 36.1. The van der Waals surface area contributed by atoms with Crippen molar-refractivity contribution in [1.82, 2.24) is 9.13 Å². The minimum atomic E-state index is 0.411. The van der Waals surface area contributed by atoms with Crippen LogP contribution < -0.4 is 0 Å². The molecule has 15 rings (SSSR count). The lowest BCUT2D eigenvalue weighted by molar-refractivity contribution is 0.673. The van der Waals surface area contributed by atoms with E-state index in [9.17, 15) is 11.8 Å². The lowest BCUT2D eigenvalue weighted by Crippen LogP contribution is -2.08. The van der Waals surface area contributed by atoms with Gasteiger partial charge in [-0.3, -0.25) is 0 Å². The zero-order chi connectivity index (χ0) is 44.8. The smallest absolute Gasteiger partial charge is 0.220 e. The first kappa shape index (κ1) is 37.1. The summed E-state index contributed by atoms with van der Waals surface area (Å²) in [6, 6.07) is 70.7. The van der Waals surface area contributed by atoms with E-state index in [2.05, 4.69) is 166 Å². The molecular weight excluding hydrogens is 849 g/mol. The van der Waals surface area contributed by atoms with Gasteiger partial charge in [-0.25, -0.2) is 4.85 Å². The summed E-state index contributed by atoms with van der Waals surface area (Å²) in [6.07, 6.45) is 0. The molecule has 0 amide bonds. The van der Waals surface area contributed by atoms with Crippen LogP contribution in [0.3, 0.4) is 0 Å². The molecule has 0 aliphatic heterocycles. The summed E-state index contributed by atoms with van der Waals surface area (Å²) >= 11 is 1.77. The third-order valence-electron chi connectivity index (χ3n) is 14.3. The predicted molar refractivity (Wildman–Crippen MR) is 283 cm³/mol. The van der Waals surface area contributed by atoms with E-state index in [4.69, 9.17) is 4.42 Å². The topological polar surface area (TPSA) is 51.1 Å². The van der Waals surface area contributed by atoms with Gasteiger partial charge in [0.1, 0.15) is 17.2 Å². The average molecular weight is 881 g/mol. The highest BCUT2D eigenvalue weighted by molar-refractivity contribution is 7.26. The Morgan fingerprint density at radius 2 is 1.01 bits per heavy atom. The number of rotatable bonds is 4. The molecule has 312 valence electrons. The molecule has 0 N–H and O–H groups in total. The van der Waals surface area contributed by atoms with Crippen LogP contribution in [0.25, 0.3) is 146 Å². The number of hydrogen-bond donors (Lipinski definition) is 0. The largest absolute Gasteiger partial charge is 0.455 e. The van der Waals surface area contributed by atoms with E-state index in [1.54, 1.807) is 11.3 Å². The number of nitrogens with zero attached hydrogens (tertiary/aromatic N) is 4. The van der Waals surface area contributed by atoms with Crippen molar-refractivity contribution >= 4 is 124 Å². The summed E-state index contributed by atoms with van der Waals surface area (Å²) in [5.41, 5.74) is 10.8. The van der Waals surface area contributed by atoms with Gasteiger partial charge in [0.15, 0.2) is 0 Å². The zero-order valence-corrected chi connectivity index (χ0v) is 36.9. The SMILES string of the molecule is [C-]#[N+]c1c(-c2ccccc2)c(C#N)c(-n2c3ccc4c5ccccc5oc4c3c3ccc4c5ccccc5sc4c32)c(-c2ccccc2)c1-n1c2cccc3c4ccccc4c4cccc1c4c32. The molecule has 0 saturated carbocycles. The number of aromatic nitrogens is 2. The van der Waals surface area contributed by atoms with Gasteiger partial charge in [0.25, 0.3) is 0 Å².